The largest absolute Gasteiger partial charge is 0.389 e. The van der Waals surface area contributed by atoms with Crippen LogP contribution < -0.4 is 0 Å². The van der Waals surface area contributed by atoms with Crippen molar-refractivity contribution < 1.29 is 5.11 Å². The van der Waals surface area contributed by atoms with E-state index in [9.17, 15) is 5.11 Å². The molecule has 0 unspecified atom stereocenters. The van der Waals surface area contributed by atoms with Crippen LogP contribution in [0.4, 0.5) is 0 Å². The number of hydrogen-bond donors (Lipinski definition) is 1. The highest BCUT2D eigenvalue weighted by atomic mass is 35.5. The second-order valence-corrected chi connectivity index (χ2v) is 4.84. The monoisotopic (exact) mass is 275 g/mol. The van der Waals surface area contributed by atoms with Crippen LogP contribution in [0, 0.1) is 25.2 Å². The molecule has 1 N–H and O–H groups in total. The molecule has 2 aromatic rings. The molecule has 1 aromatic heterocycles. The van der Waals surface area contributed by atoms with Crippen LogP contribution in [-0.2, 0) is 0 Å². The van der Waals surface area contributed by atoms with Crippen molar-refractivity contribution in [3.63, 3.8) is 0 Å². The zero-order chi connectivity index (χ0) is 14.2. The van der Waals surface area contributed by atoms with Crippen molar-refractivity contribution in [2.75, 3.05) is 0 Å². The Labute approximate surface area is 116 Å². The van der Waals surface area contributed by atoms with Gasteiger partial charge in [0.15, 0.2) is 0 Å². The van der Waals surface area contributed by atoms with Crippen molar-refractivity contribution in [3.05, 3.63) is 45.7 Å². The Balaban J connectivity index is 2.72. The van der Waals surface area contributed by atoms with Crippen LogP contribution in [-0.4, -0.2) is 14.9 Å². The van der Waals surface area contributed by atoms with Crippen LogP contribution >= 0.6 is 11.6 Å². The number of hydrogen-bond acceptors (Lipinski definition) is 3. The van der Waals surface area contributed by atoms with Crippen molar-refractivity contribution >= 4 is 11.6 Å². The molecule has 0 amide bonds. The van der Waals surface area contributed by atoms with Gasteiger partial charge in [0.05, 0.1) is 39.8 Å². The molecule has 4 nitrogen and oxygen atoms in total. The number of rotatable bonds is 2. The van der Waals surface area contributed by atoms with Gasteiger partial charge in [-0.15, -0.1) is 0 Å². The van der Waals surface area contributed by atoms with Crippen molar-refractivity contribution in [3.8, 4) is 11.8 Å². The maximum atomic E-state index is 9.84. The predicted molar refractivity (Wildman–Crippen MR) is 73.4 cm³/mol. The number of aryl methyl sites for hydroxylation is 1. The predicted octanol–water partition coefficient (Wildman–Crippen LogP) is 3.07. The minimum absolute atomic E-state index is 0.517. The summed E-state index contributed by atoms with van der Waals surface area (Å²) in [6.45, 7) is 5.35. The molecule has 0 radical (unpaired) electrons. The van der Waals surface area contributed by atoms with E-state index >= 15 is 0 Å². The van der Waals surface area contributed by atoms with Gasteiger partial charge in [0.2, 0.25) is 0 Å². The summed E-state index contributed by atoms with van der Waals surface area (Å²) in [5.74, 6) is 0. The van der Waals surface area contributed by atoms with E-state index in [2.05, 4.69) is 11.2 Å². The molecule has 0 aliphatic rings. The van der Waals surface area contributed by atoms with E-state index in [-0.39, 0.29) is 0 Å². The summed E-state index contributed by atoms with van der Waals surface area (Å²) in [6.07, 6.45) is -0.648. The molecule has 0 spiro atoms. The molecule has 0 aliphatic heterocycles. The minimum Gasteiger partial charge on any atom is -0.389 e. The second-order valence-electron chi connectivity index (χ2n) is 4.46. The van der Waals surface area contributed by atoms with Crippen LogP contribution in [0.15, 0.2) is 18.2 Å². The lowest BCUT2D eigenvalue weighted by Crippen LogP contribution is -2.06. The summed E-state index contributed by atoms with van der Waals surface area (Å²) < 4.78 is 1.67. The highest BCUT2D eigenvalue weighted by molar-refractivity contribution is 6.31. The maximum Gasteiger partial charge on any atom is 0.0992 e. The first kappa shape index (κ1) is 13.6. The van der Waals surface area contributed by atoms with E-state index in [1.54, 1.807) is 29.8 Å². The third kappa shape index (κ3) is 2.35. The average molecular weight is 276 g/mol. The van der Waals surface area contributed by atoms with Gasteiger partial charge < -0.3 is 5.11 Å². The van der Waals surface area contributed by atoms with Crippen LogP contribution in [0.2, 0.25) is 5.02 Å². The molecule has 1 atom stereocenters. The van der Waals surface area contributed by atoms with Gasteiger partial charge in [-0.1, -0.05) is 17.7 Å². The summed E-state index contributed by atoms with van der Waals surface area (Å²) in [5, 5.41) is 23.8. The van der Waals surface area contributed by atoms with Crippen molar-refractivity contribution in [2.45, 2.75) is 26.9 Å². The van der Waals surface area contributed by atoms with Gasteiger partial charge in [-0.3, -0.25) is 0 Å². The lowest BCUT2D eigenvalue weighted by Gasteiger charge is -2.13. The molecule has 0 saturated carbocycles. The zero-order valence-electron chi connectivity index (χ0n) is 11.0. The lowest BCUT2D eigenvalue weighted by atomic mass is 10.1. The third-order valence-electron chi connectivity index (χ3n) is 3.04. The third-order valence-corrected chi connectivity index (χ3v) is 3.59. The van der Waals surface area contributed by atoms with E-state index in [0.717, 1.165) is 11.4 Å². The van der Waals surface area contributed by atoms with Crippen LogP contribution in [0.25, 0.3) is 5.69 Å². The fraction of sp³-hybridized carbons (Fsp3) is 0.286. The molecule has 1 heterocycles. The highest BCUT2D eigenvalue weighted by Crippen LogP contribution is 2.27. The molecule has 98 valence electrons. The Hall–Kier alpha value is -1.83. The fourth-order valence-corrected chi connectivity index (χ4v) is 2.13. The van der Waals surface area contributed by atoms with Gasteiger partial charge in [0, 0.05) is 5.56 Å². The van der Waals surface area contributed by atoms with Gasteiger partial charge in [-0.25, -0.2) is 4.68 Å². The van der Waals surface area contributed by atoms with Gasteiger partial charge in [-0.2, -0.15) is 10.4 Å². The Morgan fingerprint density at radius 2 is 2.11 bits per heavy atom. The van der Waals surface area contributed by atoms with E-state index in [1.807, 2.05) is 13.8 Å². The molecular formula is C14H14ClN3O. The second kappa shape index (κ2) is 5.04. The number of aromatic nitrogens is 2. The summed E-state index contributed by atoms with van der Waals surface area (Å²) in [4.78, 5) is 0. The smallest absolute Gasteiger partial charge is 0.0992 e. The van der Waals surface area contributed by atoms with Crippen LogP contribution in [0.1, 0.15) is 35.5 Å². The molecule has 19 heavy (non-hydrogen) atoms. The van der Waals surface area contributed by atoms with Crippen molar-refractivity contribution in [1.82, 2.24) is 9.78 Å². The minimum atomic E-state index is -0.648. The summed E-state index contributed by atoms with van der Waals surface area (Å²) >= 11 is 6.14. The normalized spacial score (nSPS) is 12.2. The zero-order valence-corrected chi connectivity index (χ0v) is 11.7. The van der Waals surface area contributed by atoms with Crippen molar-refractivity contribution in [1.29, 1.82) is 5.26 Å². The van der Waals surface area contributed by atoms with Gasteiger partial charge >= 0.3 is 0 Å². The molecular weight excluding hydrogens is 262 g/mol. The topological polar surface area (TPSA) is 61.8 Å². The first-order valence-corrected chi connectivity index (χ1v) is 6.27. The molecule has 0 bridgehead atoms. The summed E-state index contributed by atoms with van der Waals surface area (Å²) in [6, 6.07) is 7.21. The quantitative estimate of drug-likeness (QED) is 0.916. The standard InChI is InChI=1S/C14H14ClN3O/c1-8-14(15)9(2)18(17-8)13-6-11(7-16)4-5-12(13)10(3)19/h4-6,10,19H,1-3H3/t10-/m0/s1. The van der Waals surface area contributed by atoms with E-state index in [1.165, 1.54) is 0 Å². The van der Waals surface area contributed by atoms with Crippen LogP contribution in [0.3, 0.4) is 0 Å². The van der Waals surface area contributed by atoms with E-state index in [4.69, 9.17) is 16.9 Å². The molecule has 0 aliphatic carbocycles. The van der Waals surface area contributed by atoms with Crippen LogP contribution in [0.5, 0.6) is 0 Å². The number of nitrogens with zero attached hydrogens (tertiary/aromatic N) is 3. The lowest BCUT2D eigenvalue weighted by molar-refractivity contribution is 0.199. The molecule has 0 saturated heterocycles. The Bertz CT molecular complexity index is 668. The average Bonchev–Trinajstić information content (AvgIpc) is 2.65. The SMILES string of the molecule is Cc1nn(-c2cc(C#N)ccc2[C@H](C)O)c(C)c1Cl. The van der Waals surface area contributed by atoms with Gasteiger partial charge in [0.25, 0.3) is 0 Å². The van der Waals surface area contributed by atoms with E-state index < -0.39 is 6.10 Å². The molecule has 1 aromatic carbocycles. The number of halogens is 1. The molecule has 0 fully saturated rings. The Morgan fingerprint density at radius 1 is 1.42 bits per heavy atom. The molecule has 5 heteroatoms. The van der Waals surface area contributed by atoms with Crippen molar-refractivity contribution in [2.24, 2.45) is 0 Å². The Morgan fingerprint density at radius 3 is 2.58 bits per heavy atom. The number of benzene rings is 1. The highest BCUT2D eigenvalue weighted by Gasteiger charge is 2.16. The van der Waals surface area contributed by atoms with Gasteiger partial charge in [0.1, 0.15) is 0 Å². The van der Waals surface area contributed by atoms with E-state index in [0.29, 0.717) is 21.8 Å². The van der Waals surface area contributed by atoms with Gasteiger partial charge in [-0.05, 0) is 32.9 Å². The first-order valence-electron chi connectivity index (χ1n) is 5.90. The number of nitriles is 1. The Kier molecular flexibility index (Phi) is 3.61. The maximum absolute atomic E-state index is 9.84. The summed E-state index contributed by atoms with van der Waals surface area (Å²) in [5.41, 5.74) is 3.42. The number of aliphatic hydroxyl groups is 1. The first-order chi connectivity index (χ1) is 8.95. The molecule has 2 rings (SSSR count). The number of aliphatic hydroxyl groups excluding tert-OH is 1. The fourth-order valence-electron chi connectivity index (χ4n) is 2.01. The summed E-state index contributed by atoms with van der Waals surface area (Å²) in [7, 11) is 0.